The fourth-order valence-corrected chi connectivity index (χ4v) is 1.58. The second kappa shape index (κ2) is 5.80. The lowest BCUT2D eigenvalue weighted by Gasteiger charge is -2.29. The molecule has 4 heteroatoms. The Morgan fingerprint density at radius 2 is 1.88 bits per heavy atom. The predicted molar refractivity (Wildman–Crippen MR) is 65.8 cm³/mol. The van der Waals surface area contributed by atoms with E-state index in [0.29, 0.717) is 12.0 Å². The van der Waals surface area contributed by atoms with Gasteiger partial charge in [0.05, 0.1) is 18.8 Å². The van der Waals surface area contributed by atoms with Crippen LogP contribution in [0.1, 0.15) is 29.3 Å². The van der Waals surface area contributed by atoms with Crippen molar-refractivity contribution in [3.63, 3.8) is 0 Å². The number of amides is 1. The quantitative estimate of drug-likeness (QED) is 0.711. The Morgan fingerprint density at radius 3 is 2.35 bits per heavy atom. The molecular formula is C13H19NO3. The summed E-state index contributed by atoms with van der Waals surface area (Å²) in [6.07, 6.45) is 0.470. The van der Waals surface area contributed by atoms with Crippen LogP contribution < -0.4 is 5.32 Å². The molecule has 0 saturated carbocycles. The zero-order valence-corrected chi connectivity index (χ0v) is 10.2. The highest BCUT2D eigenvalue weighted by Gasteiger charge is 2.29. The molecule has 0 bridgehead atoms. The topological polar surface area (TPSA) is 69.6 Å². The Morgan fingerprint density at radius 1 is 1.29 bits per heavy atom. The summed E-state index contributed by atoms with van der Waals surface area (Å²) in [6, 6.07) is 7.21. The Bertz CT molecular complexity index is 378. The molecule has 1 amide bonds. The van der Waals surface area contributed by atoms with E-state index < -0.39 is 5.54 Å². The Kier molecular flexibility index (Phi) is 4.66. The highest BCUT2D eigenvalue weighted by molar-refractivity contribution is 5.96. The van der Waals surface area contributed by atoms with Gasteiger partial charge in [-0.3, -0.25) is 4.79 Å². The number of benzene rings is 1. The van der Waals surface area contributed by atoms with E-state index in [9.17, 15) is 15.0 Å². The van der Waals surface area contributed by atoms with E-state index >= 15 is 0 Å². The van der Waals surface area contributed by atoms with Crippen LogP contribution in [-0.2, 0) is 0 Å². The first-order valence-electron chi connectivity index (χ1n) is 5.68. The van der Waals surface area contributed by atoms with Gasteiger partial charge in [0, 0.05) is 5.56 Å². The van der Waals surface area contributed by atoms with Gasteiger partial charge in [-0.15, -0.1) is 0 Å². The highest BCUT2D eigenvalue weighted by Crippen LogP contribution is 2.12. The van der Waals surface area contributed by atoms with Crippen molar-refractivity contribution in [1.29, 1.82) is 0 Å². The smallest absolute Gasteiger partial charge is 0.252 e. The number of carbonyl (C=O) groups excluding carboxylic acids is 1. The van der Waals surface area contributed by atoms with Gasteiger partial charge < -0.3 is 15.5 Å². The maximum atomic E-state index is 12.0. The van der Waals surface area contributed by atoms with Crippen LogP contribution in [0.4, 0.5) is 0 Å². The van der Waals surface area contributed by atoms with Crippen LogP contribution in [0.3, 0.4) is 0 Å². The lowest BCUT2D eigenvalue weighted by molar-refractivity contribution is 0.0652. The molecule has 0 aromatic heterocycles. The Hall–Kier alpha value is -1.39. The van der Waals surface area contributed by atoms with Gasteiger partial charge in [-0.05, 0) is 25.0 Å². The molecular weight excluding hydrogens is 218 g/mol. The first-order valence-corrected chi connectivity index (χ1v) is 5.68. The average molecular weight is 237 g/mol. The van der Waals surface area contributed by atoms with Crippen LogP contribution in [0, 0.1) is 6.92 Å². The van der Waals surface area contributed by atoms with Gasteiger partial charge in [0.2, 0.25) is 0 Å². The minimum Gasteiger partial charge on any atom is -0.394 e. The molecule has 0 aliphatic heterocycles. The lowest BCUT2D eigenvalue weighted by Crippen LogP contribution is -2.53. The molecule has 1 aromatic rings. The van der Waals surface area contributed by atoms with Crippen molar-refractivity contribution in [1.82, 2.24) is 5.32 Å². The average Bonchev–Trinajstić information content (AvgIpc) is 2.36. The van der Waals surface area contributed by atoms with Crippen molar-refractivity contribution in [2.24, 2.45) is 0 Å². The van der Waals surface area contributed by atoms with Crippen LogP contribution in [0.15, 0.2) is 24.3 Å². The maximum Gasteiger partial charge on any atom is 0.252 e. The number of rotatable bonds is 5. The van der Waals surface area contributed by atoms with Gasteiger partial charge >= 0.3 is 0 Å². The second-order valence-corrected chi connectivity index (χ2v) is 4.22. The molecule has 17 heavy (non-hydrogen) atoms. The number of hydrogen-bond acceptors (Lipinski definition) is 3. The molecule has 1 aromatic carbocycles. The van der Waals surface area contributed by atoms with Crippen LogP contribution >= 0.6 is 0 Å². The first-order chi connectivity index (χ1) is 8.08. The molecule has 0 aliphatic carbocycles. The number of carbonyl (C=O) groups is 1. The monoisotopic (exact) mass is 237 g/mol. The van der Waals surface area contributed by atoms with Crippen molar-refractivity contribution in [3.05, 3.63) is 35.4 Å². The van der Waals surface area contributed by atoms with E-state index in [1.54, 1.807) is 12.1 Å². The molecule has 94 valence electrons. The molecule has 0 atom stereocenters. The first kappa shape index (κ1) is 13.7. The molecule has 3 N–H and O–H groups in total. The summed E-state index contributed by atoms with van der Waals surface area (Å²) in [5, 5.41) is 21.2. The van der Waals surface area contributed by atoms with Gasteiger partial charge in [-0.1, -0.05) is 25.1 Å². The zero-order valence-electron chi connectivity index (χ0n) is 10.2. The fraction of sp³-hybridized carbons (Fsp3) is 0.462. The summed E-state index contributed by atoms with van der Waals surface area (Å²) in [5.41, 5.74) is 0.484. The van der Waals surface area contributed by atoms with Crippen molar-refractivity contribution >= 4 is 5.91 Å². The van der Waals surface area contributed by atoms with Crippen molar-refractivity contribution in [3.8, 4) is 0 Å². The van der Waals surface area contributed by atoms with Gasteiger partial charge in [0.1, 0.15) is 0 Å². The number of aryl methyl sites for hydroxylation is 1. The number of nitrogens with one attached hydrogen (secondary N) is 1. The van der Waals surface area contributed by atoms with Gasteiger partial charge in [-0.2, -0.15) is 0 Å². The molecule has 0 saturated heterocycles. The molecule has 0 unspecified atom stereocenters. The molecule has 4 nitrogen and oxygen atoms in total. The number of hydrogen-bond donors (Lipinski definition) is 3. The standard InChI is InChI=1S/C13H19NO3/c1-3-13(8-15,9-16)14-12(17)11-7-5-4-6-10(11)2/h4-7,15-16H,3,8-9H2,1-2H3,(H,14,17). The minimum absolute atomic E-state index is 0.270. The van der Waals surface area contributed by atoms with Crippen LogP contribution in [0.2, 0.25) is 0 Å². The summed E-state index contributed by atoms with van der Waals surface area (Å²) in [7, 11) is 0. The molecule has 0 fully saturated rings. The van der Waals surface area contributed by atoms with Crippen LogP contribution in [0.25, 0.3) is 0 Å². The summed E-state index contributed by atoms with van der Waals surface area (Å²) in [4.78, 5) is 12.0. The maximum absolute atomic E-state index is 12.0. The molecule has 1 rings (SSSR count). The SMILES string of the molecule is CCC(CO)(CO)NC(=O)c1ccccc1C. The highest BCUT2D eigenvalue weighted by atomic mass is 16.3. The van der Waals surface area contributed by atoms with E-state index in [0.717, 1.165) is 5.56 Å². The Balaban J connectivity index is 2.89. The largest absolute Gasteiger partial charge is 0.394 e. The zero-order chi connectivity index (χ0) is 12.9. The van der Waals surface area contributed by atoms with Crippen LogP contribution in [-0.4, -0.2) is 34.9 Å². The fourth-order valence-electron chi connectivity index (χ4n) is 1.58. The van der Waals surface area contributed by atoms with Crippen molar-refractivity contribution < 1.29 is 15.0 Å². The third-order valence-corrected chi connectivity index (χ3v) is 3.05. The Labute approximate surface area is 101 Å². The van der Waals surface area contributed by atoms with E-state index in [-0.39, 0.29) is 19.1 Å². The van der Waals surface area contributed by atoms with E-state index in [2.05, 4.69) is 5.32 Å². The summed E-state index contributed by atoms with van der Waals surface area (Å²) in [6.45, 7) is 3.10. The van der Waals surface area contributed by atoms with E-state index in [1.807, 2.05) is 26.0 Å². The summed E-state index contributed by atoms with van der Waals surface area (Å²) >= 11 is 0. The van der Waals surface area contributed by atoms with Crippen LogP contribution in [0.5, 0.6) is 0 Å². The normalized spacial score (nSPS) is 11.3. The number of aliphatic hydroxyl groups excluding tert-OH is 2. The van der Waals surface area contributed by atoms with E-state index in [4.69, 9.17) is 0 Å². The van der Waals surface area contributed by atoms with Crippen molar-refractivity contribution in [2.45, 2.75) is 25.8 Å². The predicted octanol–water partition coefficient (Wildman–Crippen LogP) is 0.858. The molecule has 0 spiro atoms. The third-order valence-electron chi connectivity index (χ3n) is 3.05. The second-order valence-electron chi connectivity index (χ2n) is 4.22. The number of aliphatic hydroxyl groups is 2. The van der Waals surface area contributed by atoms with Crippen molar-refractivity contribution in [2.75, 3.05) is 13.2 Å². The third kappa shape index (κ3) is 3.05. The van der Waals surface area contributed by atoms with Gasteiger partial charge in [0.15, 0.2) is 0 Å². The molecule has 0 aliphatic rings. The molecule has 0 radical (unpaired) electrons. The summed E-state index contributed by atoms with van der Waals surface area (Å²) in [5.74, 6) is -0.270. The van der Waals surface area contributed by atoms with Gasteiger partial charge in [0.25, 0.3) is 5.91 Å². The van der Waals surface area contributed by atoms with Gasteiger partial charge in [-0.25, -0.2) is 0 Å². The van der Waals surface area contributed by atoms with E-state index in [1.165, 1.54) is 0 Å². The minimum atomic E-state index is -0.945. The molecule has 0 heterocycles. The summed E-state index contributed by atoms with van der Waals surface area (Å²) < 4.78 is 0. The lowest BCUT2D eigenvalue weighted by atomic mass is 9.97.